The van der Waals surface area contributed by atoms with Gasteiger partial charge in [0.05, 0.1) is 11.6 Å². The van der Waals surface area contributed by atoms with Crippen LogP contribution in [-0.4, -0.2) is 29.3 Å². The van der Waals surface area contributed by atoms with E-state index < -0.39 is 11.7 Å². The van der Waals surface area contributed by atoms with Crippen molar-refractivity contribution in [2.24, 2.45) is 0 Å². The minimum Gasteiger partial charge on any atom is -0.488 e. The fourth-order valence-corrected chi connectivity index (χ4v) is 2.81. The Balaban J connectivity index is 2.08. The van der Waals surface area contributed by atoms with Gasteiger partial charge in [0.15, 0.2) is 11.6 Å². The summed E-state index contributed by atoms with van der Waals surface area (Å²) in [6.45, 7) is 7.88. The molecule has 0 unspecified atom stereocenters. The number of pyridine rings is 1. The first-order valence-corrected chi connectivity index (χ1v) is 8.29. The molecule has 1 aromatic heterocycles. The van der Waals surface area contributed by atoms with Crippen LogP contribution in [0.25, 0.3) is 10.9 Å². The molecule has 1 aromatic carbocycles. The van der Waals surface area contributed by atoms with Gasteiger partial charge in [-0.3, -0.25) is 4.90 Å². The molecule has 0 bridgehead atoms. The van der Waals surface area contributed by atoms with Crippen molar-refractivity contribution in [2.45, 2.75) is 39.3 Å². The van der Waals surface area contributed by atoms with Gasteiger partial charge in [-0.05, 0) is 45.9 Å². The fourth-order valence-electron chi connectivity index (χ4n) is 2.46. The number of fused-ring (bicyclic) bond motifs is 2. The number of anilines is 1. The van der Waals surface area contributed by atoms with E-state index in [1.165, 1.54) is 0 Å². The molecule has 1 aliphatic heterocycles. The van der Waals surface area contributed by atoms with Crippen LogP contribution < -0.4 is 9.64 Å². The summed E-state index contributed by atoms with van der Waals surface area (Å²) in [5.74, 6) is 1.10. The molecular formula is C17H19BrN2O3. The molecule has 122 valence electrons. The van der Waals surface area contributed by atoms with Crippen LogP contribution >= 0.6 is 15.9 Å². The lowest BCUT2D eigenvalue weighted by Gasteiger charge is -2.35. The molecule has 0 fully saturated rings. The Morgan fingerprint density at radius 2 is 2.13 bits per heavy atom. The molecule has 2 aromatic rings. The number of hydrogen-bond acceptors (Lipinski definition) is 4. The van der Waals surface area contributed by atoms with Gasteiger partial charge < -0.3 is 9.47 Å². The zero-order valence-electron chi connectivity index (χ0n) is 13.6. The summed E-state index contributed by atoms with van der Waals surface area (Å²) < 4.78 is 12.2. The highest BCUT2D eigenvalue weighted by Gasteiger charge is 2.34. The predicted octanol–water partition coefficient (Wildman–Crippen LogP) is 4.52. The second kappa shape index (κ2) is 5.67. The standard InChI is InChI=1S/C17H19BrN2O3/c1-10-9-22-14-7-11-5-6-12(18)8-13(11)19-15(14)20(10)16(21)23-17(2,3)4/h5-8,10H,9H2,1-4H3/t10-/m1/s1. The number of aromatic nitrogens is 1. The number of rotatable bonds is 0. The van der Waals surface area contributed by atoms with Gasteiger partial charge in [-0.1, -0.05) is 22.0 Å². The van der Waals surface area contributed by atoms with Crippen LogP contribution in [0.2, 0.25) is 0 Å². The van der Waals surface area contributed by atoms with Crippen LogP contribution in [0.15, 0.2) is 28.7 Å². The average Bonchev–Trinajstić information content (AvgIpc) is 2.43. The summed E-state index contributed by atoms with van der Waals surface area (Å²) in [4.78, 5) is 18.8. The Kier molecular flexibility index (Phi) is 3.96. The van der Waals surface area contributed by atoms with E-state index in [4.69, 9.17) is 9.47 Å². The molecule has 1 aliphatic rings. The van der Waals surface area contributed by atoms with Gasteiger partial charge in [0, 0.05) is 9.86 Å². The maximum absolute atomic E-state index is 12.6. The van der Waals surface area contributed by atoms with Gasteiger partial charge in [0.2, 0.25) is 0 Å². The first-order chi connectivity index (χ1) is 10.7. The van der Waals surface area contributed by atoms with Crippen molar-refractivity contribution in [3.8, 4) is 5.75 Å². The highest BCUT2D eigenvalue weighted by atomic mass is 79.9. The lowest BCUT2D eigenvalue weighted by molar-refractivity contribution is 0.0546. The Hall–Kier alpha value is -1.82. The van der Waals surface area contributed by atoms with Gasteiger partial charge in [0.25, 0.3) is 0 Å². The number of halogens is 1. The Morgan fingerprint density at radius 3 is 2.83 bits per heavy atom. The number of carbonyl (C=O) groups is 1. The van der Waals surface area contributed by atoms with Crippen molar-refractivity contribution in [3.05, 3.63) is 28.7 Å². The van der Waals surface area contributed by atoms with E-state index in [-0.39, 0.29) is 6.04 Å². The van der Waals surface area contributed by atoms with Crippen LogP contribution in [-0.2, 0) is 4.74 Å². The molecule has 0 saturated carbocycles. The molecule has 3 rings (SSSR count). The topological polar surface area (TPSA) is 51.7 Å². The van der Waals surface area contributed by atoms with Gasteiger partial charge >= 0.3 is 6.09 Å². The van der Waals surface area contributed by atoms with Crippen LogP contribution in [0, 0.1) is 0 Å². The summed E-state index contributed by atoms with van der Waals surface area (Å²) in [5.41, 5.74) is 0.235. The van der Waals surface area contributed by atoms with E-state index in [0.717, 1.165) is 15.4 Å². The normalized spacial score (nSPS) is 17.6. The number of amides is 1. The summed E-state index contributed by atoms with van der Waals surface area (Å²) in [5, 5.41) is 0.964. The number of benzene rings is 1. The van der Waals surface area contributed by atoms with Crippen molar-refractivity contribution in [2.75, 3.05) is 11.5 Å². The monoisotopic (exact) mass is 378 g/mol. The minimum atomic E-state index is -0.560. The highest BCUT2D eigenvalue weighted by Crippen LogP contribution is 2.36. The number of ether oxygens (including phenoxy) is 2. The summed E-state index contributed by atoms with van der Waals surface area (Å²) in [7, 11) is 0. The second-order valence-corrected chi connectivity index (χ2v) is 7.57. The Labute approximate surface area is 143 Å². The quantitative estimate of drug-likeness (QED) is 0.676. The lowest BCUT2D eigenvalue weighted by atomic mass is 10.1. The third-order valence-electron chi connectivity index (χ3n) is 3.47. The maximum atomic E-state index is 12.6. The molecule has 2 heterocycles. The number of hydrogen-bond donors (Lipinski definition) is 0. The molecule has 0 spiro atoms. The summed E-state index contributed by atoms with van der Waals surface area (Å²) in [6.07, 6.45) is -0.406. The summed E-state index contributed by atoms with van der Waals surface area (Å²) in [6, 6.07) is 7.60. The Bertz CT molecular complexity index is 770. The second-order valence-electron chi connectivity index (χ2n) is 6.66. The number of nitrogens with zero attached hydrogens (tertiary/aromatic N) is 2. The van der Waals surface area contributed by atoms with Crippen molar-refractivity contribution in [1.29, 1.82) is 0 Å². The molecule has 5 nitrogen and oxygen atoms in total. The van der Waals surface area contributed by atoms with E-state index >= 15 is 0 Å². The van der Waals surface area contributed by atoms with Gasteiger partial charge in [-0.25, -0.2) is 9.78 Å². The predicted molar refractivity (Wildman–Crippen MR) is 93.1 cm³/mol. The molecule has 0 radical (unpaired) electrons. The van der Waals surface area contributed by atoms with Crippen molar-refractivity contribution in [1.82, 2.24) is 4.98 Å². The van der Waals surface area contributed by atoms with Crippen molar-refractivity contribution >= 4 is 38.7 Å². The molecule has 1 atom stereocenters. The van der Waals surface area contributed by atoms with Gasteiger partial charge in [-0.2, -0.15) is 0 Å². The van der Waals surface area contributed by atoms with E-state index in [2.05, 4.69) is 20.9 Å². The molecule has 6 heteroatoms. The zero-order chi connectivity index (χ0) is 16.8. The van der Waals surface area contributed by atoms with E-state index in [1.807, 2.05) is 52.0 Å². The van der Waals surface area contributed by atoms with Crippen molar-refractivity contribution in [3.63, 3.8) is 0 Å². The molecule has 0 aliphatic carbocycles. The van der Waals surface area contributed by atoms with E-state index in [9.17, 15) is 4.79 Å². The third-order valence-corrected chi connectivity index (χ3v) is 3.96. The Morgan fingerprint density at radius 1 is 1.39 bits per heavy atom. The molecule has 0 N–H and O–H groups in total. The van der Waals surface area contributed by atoms with Crippen LogP contribution in [0.4, 0.5) is 10.6 Å². The largest absolute Gasteiger partial charge is 0.488 e. The number of carbonyl (C=O) groups excluding carboxylic acids is 1. The first kappa shape index (κ1) is 16.1. The molecule has 0 saturated heterocycles. The minimum absolute atomic E-state index is 0.144. The lowest BCUT2D eigenvalue weighted by Crippen LogP contribution is -2.47. The zero-order valence-corrected chi connectivity index (χ0v) is 15.2. The van der Waals surface area contributed by atoms with E-state index in [0.29, 0.717) is 18.2 Å². The van der Waals surface area contributed by atoms with Gasteiger partial charge in [-0.15, -0.1) is 0 Å². The average molecular weight is 379 g/mol. The highest BCUT2D eigenvalue weighted by molar-refractivity contribution is 9.10. The van der Waals surface area contributed by atoms with Crippen LogP contribution in [0.3, 0.4) is 0 Å². The third kappa shape index (κ3) is 3.27. The SMILES string of the molecule is C[C@@H]1COc2cc3ccc(Br)cc3nc2N1C(=O)OC(C)(C)C. The van der Waals surface area contributed by atoms with Crippen LogP contribution in [0.5, 0.6) is 5.75 Å². The van der Waals surface area contributed by atoms with E-state index in [1.54, 1.807) is 4.90 Å². The molecule has 1 amide bonds. The fraction of sp³-hybridized carbons (Fsp3) is 0.412. The van der Waals surface area contributed by atoms with Crippen molar-refractivity contribution < 1.29 is 14.3 Å². The molecular weight excluding hydrogens is 360 g/mol. The van der Waals surface area contributed by atoms with Crippen LogP contribution in [0.1, 0.15) is 27.7 Å². The van der Waals surface area contributed by atoms with Gasteiger partial charge in [0.1, 0.15) is 12.2 Å². The smallest absolute Gasteiger partial charge is 0.416 e. The summed E-state index contributed by atoms with van der Waals surface area (Å²) >= 11 is 3.45. The molecule has 23 heavy (non-hydrogen) atoms. The maximum Gasteiger partial charge on any atom is 0.416 e. The first-order valence-electron chi connectivity index (χ1n) is 7.50.